The van der Waals surface area contributed by atoms with E-state index in [0.29, 0.717) is 16.1 Å². The Labute approximate surface area is 218 Å². The largest absolute Gasteiger partial charge is 0.395 e. The Hall–Kier alpha value is -3.43. The van der Waals surface area contributed by atoms with Gasteiger partial charge in [0, 0.05) is 17.6 Å². The van der Waals surface area contributed by atoms with Crippen molar-refractivity contribution in [2.24, 2.45) is 5.73 Å². The summed E-state index contributed by atoms with van der Waals surface area (Å²) in [5.74, 6) is -1.65. The molecule has 3 aromatic rings. The molecule has 188 valence electrons. The van der Waals surface area contributed by atoms with Crippen molar-refractivity contribution in [3.63, 3.8) is 0 Å². The molecule has 1 aliphatic carbocycles. The molecular weight excluding hydrogens is 498 g/mol. The number of nitrogen functional groups attached to an aromatic ring is 1. The maximum absolute atomic E-state index is 14.0. The number of hydrogen-bond donors (Lipinski definition) is 3. The number of hydrogen-bond acceptors (Lipinski definition) is 6. The zero-order valence-corrected chi connectivity index (χ0v) is 21.4. The summed E-state index contributed by atoms with van der Waals surface area (Å²) in [5, 5.41) is 3.60. The van der Waals surface area contributed by atoms with Crippen LogP contribution in [0.4, 0.5) is 5.69 Å². The van der Waals surface area contributed by atoms with Crippen LogP contribution in [0.1, 0.15) is 68.6 Å². The molecule has 1 aliphatic rings. The van der Waals surface area contributed by atoms with Gasteiger partial charge in [0.1, 0.15) is 10.9 Å². The lowest BCUT2D eigenvalue weighted by atomic mass is 10.0. The average molecular weight is 526 g/mol. The van der Waals surface area contributed by atoms with E-state index < -0.39 is 17.9 Å². The van der Waals surface area contributed by atoms with Crippen LogP contribution in [0.2, 0.25) is 5.02 Å². The number of amides is 3. The van der Waals surface area contributed by atoms with Gasteiger partial charge < -0.3 is 21.7 Å². The van der Waals surface area contributed by atoms with Crippen LogP contribution in [0, 0.1) is 6.92 Å². The fourth-order valence-electron chi connectivity index (χ4n) is 4.42. The highest BCUT2D eigenvalue weighted by atomic mass is 35.5. The third-order valence-corrected chi connectivity index (χ3v) is 7.59. The predicted octanol–water partition coefficient (Wildman–Crippen LogP) is 4.23. The Morgan fingerprint density at radius 3 is 2.42 bits per heavy atom. The number of anilines is 1. The number of carbonyl (C=O) groups excluding carboxylic acids is 3. The van der Waals surface area contributed by atoms with Crippen LogP contribution in [0.25, 0.3) is 0 Å². The summed E-state index contributed by atoms with van der Waals surface area (Å²) in [6.07, 6.45) is 3.90. The first kappa shape index (κ1) is 25.7. The smallest absolute Gasteiger partial charge is 0.270 e. The first-order chi connectivity index (χ1) is 17.3. The summed E-state index contributed by atoms with van der Waals surface area (Å²) in [6.45, 7) is 1.99. The van der Waals surface area contributed by atoms with Gasteiger partial charge in [0.05, 0.1) is 5.69 Å². The van der Waals surface area contributed by atoms with Crippen LogP contribution in [0.3, 0.4) is 0 Å². The van der Waals surface area contributed by atoms with Crippen LogP contribution >= 0.6 is 23.1 Å². The van der Waals surface area contributed by atoms with Crippen LogP contribution in [-0.4, -0.2) is 33.0 Å². The highest BCUT2D eigenvalue weighted by Crippen LogP contribution is 2.32. The Balaban J connectivity index is 1.81. The Kier molecular flexibility index (Phi) is 7.91. The summed E-state index contributed by atoms with van der Waals surface area (Å²) in [7, 11) is 0. The summed E-state index contributed by atoms with van der Waals surface area (Å²) in [4.78, 5) is 41.0. The number of halogens is 1. The number of primary amides is 1. The van der Waals surface area contributed by atoms with Gasteiger partial charge >= 0.3 is 0 Å². The zero-order chi connectivity index (χ0) is 25.8. The number of aromatic nitrogens is 1. The highest BCUT2D eigenvalue weighted by Gasteiger charge is 2.36. The van der Waals surface area contributed by atoms with Crippen molar-refractivity contribution in [2.45, 2.75) is 51.2 Å². The third kappa shape index (κ3) is 5.52. The van der Waals surface area contributed by atoms with Gasteiger partial charge in [0.15, 0.2) is 5.69 Å². The number of nitrogens with two attached hydrogens (primary N) is 2. The second-order valence-electron chi connectivity index (χ2n) is 8.97. The molecule has 0 aliphatic heterocycles. The van der Waals surface area contributed by atoms with E-state index in [1.165, 1.54) is 4.90 Å². The molecule has 1 fully saturated rings. The van der Waals surface area contributed by atoms with Gasteiger partial charge in [-0.05, 0) is 48.5 Å². The van der Waals surface area contributed by atoms with Gasteiger partial charge in [-0.3, -0.25) is 14.4 Å². The first-order valence-electron chi connectivity index (χ1n) is 11.7. The van der Waals surface area contributed by atoms with Gasteiger partial charge in [-0.15, -0.1) is 0 Å². The molecule has 4 rings (SSSR count). The Bertz CT molecular complexity index is 1270. The van der Waals surface area contributed by atoms with Crippen LogP contribution in [-0.2, 0) is 11.3 Å². The minimum atomic E-state index is -0.964. The van der Waals surface area contributed by atoms with E-state index in [4.69, 9.17) is 23.1 Å². The zero-order valence-electron chi connectivity index (χ0n) is 19.9. The standard InChI is InChI=1S/C26H28ClN5O3S/c1-15-10-12-16(13-11-15)22(25(34)30-18-7-3-4-8-18)32(14-17-6-2-5-9-19(17)27)26(35)23-20(28)21(24(29)33)31-36-23/h2,5-6,9-13,18,22H,3-4,7-8,14,28H2,1H3,(H2,29,33)(H,30,34). The van der Waals surface area contributed by atoms with E-state index in [0.717, 1.165) is 42.8 Å². The van der Waals surface area contributed by atoms with E-state index in [1.807, 2.05) is 37.3 Å². The van der Waals surface area contributed by atoms with Crippen LogP contribution < -0.4 is 16.8 Å². The molecule has 5 N–H and O–H groups in total. The quantitative estimate of drug-likeness (QED) is 0.405. The second-order valence-corrected chi connectivity index (χ2v) is 10.1. The molecular formula is C26H28ClN5O3S. The van der Waals surface area contributed by atoms with Gasteiger partial charge in [-0.2, -0.15) is 4.37 Å². The lowest BCUT2D eigenvalue weighted by molar-refractivity contribution is -0.126. The molecule has 1 aromatic heterocycles. The molecule has 1 saturated carbocycles. The van der Waals surface area contributed by atoms with E-state index in [9.17, 15) is 14.4 Å². The maximum Gasteiger partial charge on any atom is 0.270 e. The highest BCUT2D eigenvalue weighted by molar-refractivity contribution is 7.09. The minimum Gasteiger partial charge on any atom is -0.395 e. The summed E-state index contributed by atoms with van der Waals surface area (Å²) in [6, 6.07) is 13.7. The van der Waals surface area contributed by atoms with E-state index in [1.54, 1.807) is 18.2 Å². The van der Waals surface area contributed by atoms with Gasteiger partial charge in [0.25, 0.3) is 11.8 Å². The van der Waals surface area contributed by atoms with E-state index in [-0.39, 0.29) is 34.8 Å². The fraction of sp³-hybridized carbons (Fsp3) is 0.308. The predicted molar refractivity (Wildman–Crippen MR) is 141 cm³/mol. The molecule has 2 aromatic carbocycles. The van der Waals surface area contributed by atoms with Crippen molar-refractivity contribution < 1.29 is 14.4 Å². The van der Waals surface area contributed by atoms with Crippen molar-refractivity contribution in [1.82, 2.24) is 14.6 Å². The number of rotatable bonds is 8. The second kappa shape index (κ2) is 11.1. The average Bonchev–Trinajstić information content (AvgIpc) is 3.50. The number of carbonyl (C=O) groups is 3. The van der Waals surface area contributed by atoms with Crippen molar-refractivity contribution >= 4 is 46.5 Å². The first-order valence-corrected chi connectivity index (χ1v) is 12.9. The molecule has 3 amide bonds. The van der Waals surface area contributed by atoms with E-state index in [2.05, 4.69) is 9.69 Å². The lowest BCUT2D eigenvalue weighted by Gasteiger charge is -2.32. The molecule has 1 unspecified atom stereocenters. The topological polar surface area (TPSA) is 131 Å². The van der Waals surface area contributed by atoms with Gasteiger partial charge in [0.2, 0.25) is 5.91 Å². The lowest BCUT2D eigenvalue weighted by Crippen LogP contribution is -2.46. The molecule has 0 saturated heterocycles. The molecule has 1 heterocycles. The van der Waals surface area contributed by atoms with Gasteiger partial charge in [-0.1, -0.05) is 72.5 Å². The Morgan fingerprint density at radius 2 is 1.81 bits per heavy atom. The molecule has 10 heteroatoms. The van der Waals surface area contributed by atoms with Crippen LogP contribution in [0.15, 0.2) is 48.5 Å². The molecule has 1 atom stereocenters. The Morgan fingerprint density at radius 1 is 1.14 bits per heavy atom. The molecule has 0 bridgehead atoms. The summed E-state index contributed by atoms with van der Waals surface area (Å²) in [5.41, 5.74) is 13.6. The van der Waals surface area contributed by atoms with Crippen molar-refractivity contribution in [3.8, 4) is 0 Å². The normalized spacial score (nSPS) is 14.4. The summed E-state index contributed by atoms with van der Waals surface area (Å²) < 4.78 is 3.98. The number of benzene rings is 2. The summed E-state index contributed by atoms with van der Waals surface area (Å²) >= 11 is 7.23. The molecule has 0 radical (unpaired) electrons. The SMILES string of the molecule is Cc1ccc(C(C(=O)NC2CCCC2)N(Cc2ccccc2Cl)C(=O)c2snc(C(N)=O)c2N)cc1. The van der Waals surface area contributed by atoms with Crippen LogP contribution in [0.5, 0.6) is 0 Å². The fourth-order valence-corrected chi connectivity index (χ4v) is 5.38. The molecule has 36 heavy (non-hydrogen) atoms. The minimum absolute atomic E-state index is 0.0401. The number of nitrogens with zero attached hydrogens (tertiary/aromatic N) is 2. The van der Waals surface area contributed by atoms with Gasteiger partial charge in [-0.25, -0.2) is 0 Å². The monoisotopic (exact) mass is 525 g/mol. The van der Waals surface area contributed by atoms with E-state index >= 15 is 0 Å². The maximum atomic E-state index is 14.0. The van der Waals surface area contributed by atoms with Crippen molar-refractivity contribution in [3.05, 3.63) is 80.8 Å². The number of nitrogens with one attached hydrogen (secondary N) is 1. The molecule has 8 nitrogen and oxygen atoms in total. The van der Waals surface area contributed by atoms with Crippen molar-refractivity contribution in [2.75, 3.05) is 5.73 Å². The number of aryl methyl sites for hydroxylation is 1. The third-order valence-electron chi connectivity index (χ3n) is 6.37. The molecule has 0 spiro atoms. The van der Waals surface area contributed by atoms with Crippen molar-refractivity contribution in [1.29, 1.82) is 0 Å².